The molecule has 1 aliphatic rings. The van der Waals surface area contributed by atoms with Crippen LogP contribution in [0.2, 0.25) is 0 Å². The summed E-state index contributed by atoms with van der Waals surface area (Å²) in [6.45, 7) is 6.09. The zero-order valence-corrected chi connectivity index (χ0v) is 13.6. The topological polar surface area (TPSA) is 105 Å². The number of rotatable bonds is 6. The third-order valence-corrected chi connectivity index (χ3v) is 3.20. The number of aryl methyl sites for hydroxylation is 1. The van der Waals surface area contributed by atoms with E-state index in [-0.39, 0.29) is 6.10 Å². The molecule has 1 aliphatic heterocycles. The Kier molecular flexibility index (Phi) is 9.36. The van der Waals surface area contributed by atoms with Gasteiger partial charge in [-0.3, -0.25) is 0 Å². The van der Waals surface area contributed by atoms with Gasteiger partial charge in [-0.05, 0) is 18.1 Å². The first-order valence-electron chi connectivity index (χ1n) is 7.57. The molecule has 1 fully saturated rings. The van der Waals surface area contributed by atoms with Crippen molar-refractivity contribution in [1.82, 2.24) is 5.32 Å². The van der Waals surface area contributed by atoms with Crippen molar-refractivity contribution in [2.75, 3.05) is 26.3 Å². The summed E-state index contributed by atoms with van der Waals surface area (Å²) in [5.74, 6) is -2.51. The Bertz CT molecular complexity index is 536. The third-order valence-electron chi connectivity index (χ3n) is 3.20. The van der Waals surface area contributed by atoms with Crippen molar-refractivity contribution in [3.05, 3.63) is 47.5 Å². The van der Waals surface area contributed by atoms with Gasteiger partial charge < -0.3 is 25.0 Å². The van der Waals surface area contributed by atoms with Crippen LogP contribution < -0.4 is 5.32 Å². The number of ether oxygens (including phenoxy) is 2. The first-order valence-corrected chi connectivity index (χ1v) is 7.57. The molecule has 1 unspecified atom stereocenters. The molecule has 0 aliphatic carbocycles. The van der Waals surface area contributed by atoms with Crippen molar-refractivity contribution in [2.24, 2.45) is 0 Å². The average Bonchev–Trinajstić information content (AvgIpc) is 2.56. The number of carboxylic acid groups (broad SMARTS) is 2. The van der Waals surface area contributed by atoms with Crippen molar-refractivity contribution >= 4 is 11.9 Å². The Morgan fingerprint density at radius 1 is 1.29 bits per heavy atom. The maximum absolute atomic E-state index is 9.55. The highest BCUT2D eigenvalue weighted by molar-refractivity contribution is 5.89. The van der Waals surface area contributed by atoms with E-state index >= 15 is 0 Å². The molecule has 24 heavy (non-hydrogen) atoms. The normalized spacial score (nSPS) is 17.1. The number of carboxylic acids is 2. The van der Waals surface area contributed by atoms with Crippen LogP contribution >= 0.6 is 0 Å². The van der Waals surface area contributed by atoms with Crippen molar-refractivity contribution in [1.29, 1.82) is 0 Å². The van der Waals surface area contributed by atoms with Gasteiger partial charge in [-0.2, -0.15) is 0 Å². The fourth-order valence-corrected chi connectivity index (χ4v) is 1.94. The highest BCUT2D eigenvalue weighted by atomic mass is 16.5. The van der Waals surface area contributed by atoms with Crippen LogP contribution in [0.5, 0.6) is 0 Å². The lowest BCUT2D eigenvalue weighted by Crippen LogP contribution is -2.40. The minimum absolute atomic E-state index is 0.206. The molecular weight excluding hydrogens is 314 g/mol. The van der Waals surface area contributed by atoms with Crippen molar-refractivity contribution in [3.63, 3.8) is 0 Å². The van der Waals surface area contributed by atoms with Crippen molar-refractivity contribution < 1.29 is 29.3 Å². The van der Waals surface area contributed by atoms with Crippen LogP contribution in [0.25, 0.3) is 0 Å². The van der Waals surface area contributed by atoms with Gasteiger partial charge in [0.1, 0.15) is 0 Å². The highest BCUT2D eigenvalue weighted by Gasteiger charge is 2.13. The summed E-state index contributed by atoms with van der Waals surface area (Å²) in [7, 11) is 0. The summed E-state index contributed by atoms with van der Waals surface area (Å²) < 4.78 is 11.2. The van der Waals surface area contributed by atoms with E-state index in [1.54, 1.807) is 0 Å². The lowest BCUT2D eigenvalue weighted by atomic mass is 10.1. The second kappa shape index (κ2) is 11.3. The van der Waals surface area contributed by atoms with Crippen LogP contribution in [-0.2, 0) is 25.7 Å². The molecule has 1 saturated heterocycles. The van der Waals surface area contributed by atoms with E-state index in [0.717, 1.165) is 19.7 Å². The Hall–Kier alpha value is -2.22. The average molecular weight is 337 g/mol. The second-order valence-corrected chi connectivity index (χ2v) is 5.15. The molecule has 1 atom stereocenters. The van der Waals surface area contributed by atoms with Gasteiger partial charge >= 0.3 is 11.9 Å². The molecule has 7 heteroatoms. The fraction of sp³-hybridized carbons (Fsp3) is 0.412. The first kappa shape index (κ1) is 19.8. The lowest BCUT2D eigenvalue weighted by Gasteiger charge is -2.23. The largest absolute Gasteiger partial charge is 0.478 e. The molecule has 0 saturated carbocycles. The third kappa shape index (κ3) is 9.04. The predicted molar refractivity (Wildman–Crippen MR) is 87.9 cm³/mol. The van der Waals surface area contributed by atoms with E-state index in [0.29, 0.717) is 25.4 Å². The zero-order valence-electron chi connectivity index (χ0n) is 13.6. The molecule has 1 aromatic rings. The van der Waals surface area contributed by atoms with Gasteiger partial charge in [0.05, 0.1) is 25.9 Å². The smallest absolute Gasteiger partial charge is 0.328 e. The molecule has 7 nitrogen and oxygen atoms in total. The predicted octanol–water partition coefficient (Wildman–Crippen LogP) is 1.21. The van der Waals surface area contributed by atoms with E-state index in [9.17, 15) is 9.59 Å². The van der Waals surface area contributed by atoms with E-state index in [2.05, 4.69) is 24.4 Å². The molecule has 0 bridgehead atoms. The Morgan fingerprint density at radius 2 is 1.96 bits per heavy atom. The van der Waals surface area contributed by atoms with Crippen LogP contribution in [0.1, 0.15) is 11.1 Å². The summed E-state index contributed by atoms with van der Waals surface area (Å²) in [6.07, 6.45) is 1.32. The molecule has 0 spiro atoms. The summed E-state index contributed by atoms with van der Waals surface area (Å²) >= 11 is 0. The molecule has 0 aromatic heterocycles. The number of hydrogen-bond donors (Lipinski definition) is 3. The van der Waals surface area contributed by atoms with Gasteiger partial charge in [-0.25, -0.2) is 9.59 Å². The molecule has 0 amide bonds. The van der Waals surface area contributed by atoms with Crippen molar-refractivity contribution in [3.8, 4) is 0 Å². The number of aliphatic carboxylic acids is 2. The number of carbonyl (C=O) groups is 2. The highest BCUT2D eigenvalue weighted by Crippen LogP contribution is 2.09. The zero-order chi connectivity index (χ0) is 17.8. The number of hydrogen-bond acceptors (Lipinski definition) is 5. The van der Waals surface area contributed by atoms with Gasteiger partial charge in [-0.1, -0.05) is 24.3 Å². The minimum Gasteiger partial charge on any atom is -0.478 e. The number of nitrogens with one attached hydrogen (secondary N) is 1. The van der Waals surface area contributed by atoms with E-state index in [1.165, 1.54) is 11.1 Å². The Morgan fingerprint density at radius 3 is 2.50 bits per heavy atom. The monoisotopic (exact) mass is 337 g/mol. The molecule has 3 N–H and O–H groups in total. The van der Waals surface area contributed by atoms with E-state index < -0.39 is 11.9 Å². The van der Waals surface area contributed by atoms with Crippen molar-refractivity contribution in [2.45, 2.75) is 19.6 Å². The maximum atomic E-state index is 9.55. The van der Waals surface area contributed by atoms with E-state index in [1.807, 2.05) is 12.1 Å². The molecule has 132 valence electrons. The number of benzene rings is 1. The Labute approximate surface area is 140 Å². The van der Waals surface area contributed by atoms with Crippen LogP contribution in [-0.4, -0.2) is 54.6 Å². The maximum Gasteiger partial charge on any atom is 0.328 e. The first-order chi connectivity index (χ1) is 11.5. The van der Waals surface area contributed by atoms with Gasteiger partial charge in [-0.15, -0.1) is 0 Å². The molecule has 1 heterocycles. The van der Waals surface area contributed by atoms with Crippen LogP contribution in [0.15, 0.2) is 36.4 Å². The van der Waals surface area contributed by atoms with Gasteiger partial charge in [0.15, 0.2) is 0 Å². The van der Waals surface area contributed by atoms with Gasteiger partial charge in [0.2, 0.25) is 0 Å². The van der Waals surface area contributed by atoms with Gasteiger partial charge in [0, 0.05) is 25.2 Å². The lowest BCUT2D eigenvalue weighted by molar-refractivity contribution is -0.134. The molecular formula is C17H23NO6. The fourth-order valence-electron chi connectivity index (χ4n) is 1.94. The number of morpholine rings is 1. The summed E-state index contributed by atoms with van der Waals surface area (Å²) in [4.78, 5) is 19.1. The quantitative estimate of drug-likeness (QED) is 0.670. The summed E-state index contributed by atoms with van der Waals surface area (Å²) in [6, 6.07) is 8.31. The summed E-state index contributed by atoms with van der Waals surface area (Å²) in [5, 5.41) is 18.9. The molecule has 1 aromatic carbocycles. The molecule has 2 rings (SSSR count). The molecule has 0 radical (unpaired) electrons. The van der Waals surface area contributed by atoms with Crippen LogP contribution in [0.3, 0.4) is 0 Å². The van der Waals surface area contributed by atoms with Crippen LogP contribution in [0.4, 0.5) is 0 Å². The van der Waals surface area contributed by atoms with Crippen LogP contribution in [0, 0.1) is 6.92 Å². The standard InChI is InChI=1S/C13H19NO2.C4H4O4/c1-11-4-2-3-5-12(11)9-15-10-13-8-14-6-7-16-13;5-3(6)1-2-4(7)8/h2-5,13-14H,6-10H2,1H3;1-2H,(H,5,6)(H,7,8). The van der Waals surface area contributed by atoms with Gasteiger partial charge in [0.25, 0.3) is 0 Å². The SMILES string of the molecule is Cc1ccccc1COCC1CNCCO1.O=C(O)C=CC(=O)O. The van der Waals surface area contributed by atoms with E-state index in [4.69, 9.17) is 19.7 Å². The minimum atomic E-state index is -1.26. The summed E-state index contributed by atoms with van der Waals surface area (Å²) in [5.41, 5.74) is 2.54. The Balaban J connectivity index is 0.000000307. The second-order valence-electron chi connectivity index (χ2n) is 5.15.